The second-order valence-electron chi connectivity index (χ2n) is 5.34. The zero-order valence-electron chi connectivity index (χ0n) is 13.4. The van der Waals surface area contributed by atoms with Gasteiger partial charge in [0.15, 0.2) is 5.11 Å². The van der Waals surface area contributed by atoms with Gasteiger partial charge in [-0.05, 0) is 78.4 Å². The lowest BCUT2D eigenvalue weighted by Gasteiger charge is -2.13. The molecule has 4 nitrogen and oxygen atoms in total. The van der Waals surface area contributed by atoms with Crippen molar-refractivity contribution in [3.05, 3.63) is 56.5 Å². The fraction of sp³-hybridized carbons (Fsp3) is 0.176. The van der Waals surface area contributed by atoms with E-state index in [1.165, 1.54) is 0 Å². The maximum absolute atomic E-state index is 12.3. The first-order valence-corrected chi connectivity index (χ1v) is 9.25. The van der Waals surface area contributed by atoms with E-state index < -0.39 is 0 Å². The minimum atomic E-state index is -0.354. The van der Waals surface area contributed by atoms with Crippen molar-refractivity contribution in [3.8, 4) is 5.75 Å². The van der Waals surface area contributed by atoms with Gasteiger partial charge in [0, 0.05) is 10.6 Å². The summed E-state index contributed by atoms with van der Waals surface area (Å²) in [4.78, 5) is 12.3. The van der Waals surface area contributed by atoms with E-state index in [4.69, 9.17) is 40.2 Å². The summed E-state index contributed by atoms with van der Waals surface area (Å²) in [5.74, 6) is 0.311. The van der Waals surface area contributed by atoms with Gasteiger partial charge in [-0.3, -0.25) is 10.1 Å². The maximum atomic E-state index is 12.3. The molecule has 0 saturated carbocycles. The van der Waals surface area contributed by atoms with Gasteiger partial charge >= 0.3 is 0 Å². The molecule has 0 unspecified atom stereocenters. The highest BCUT2D eigenvalue weighted by atomic mass is 79.9. The Hall–Kier alpha value is -1.34. The molecule has 0 aromatic heterocycles. The van der Waals surface area contributed by atoms with Crippen molar-refractivity contribution in [2.24, 2.45) is 0 Å². The molecule has 132 valence electrons. The third-order valence-corrected chi connectivity index (χ3v) is 4.35. The molecule has 2 N–H and O–H groups in total. The summed E-state index contributed by atoms with van der Waals surface area (Å²) in [6.45, 7) is 3.86. The van der Waals surface area contributed by atoms with Gasteiger partial charge in [-0.1, -0.05) is 23.2 Å². The zero-order valence-corrected chi connectivity index (χ0v) is 17.3. The van der Waals surface area contributed by atoms with Crippen molar-refractivity contribution < 1.29 is 9.53 Å². The molecular formula is C17H15BrCl2N2O2S. The number of carbonyl (C=O) groups excluding carboxylic acids is 1. The summed E-state index contributed by atoms with van der Waals surface area (Å²) < 4.78 is 6.31. The van der Waals surface area contributed by atoms with E-state index in [1.54, 1.807) is 36.4 Å². The van der Waals surface area contributed by atoms with Gasteiger partial charge < -0.3 is 10.1 Å². The monoisotopic (exact) mass is 460 g/mol. The molecule has 2 aromatic carbocycles. The molecule has 0 heterocycles. The van der Waals surface area contributed by atoms with Crippen LogP contribution in [0.1, 0.15) is 24.2 Å². The van der Waals surface area contributed by atoms with E-state index >= 15 is 0 Å². The molecule has 0 bridgehead atoms. The molecule has 0 atom stereocenters. The number of thiocarbonyl (C=S) groups is 1. The second kappa shape index (κ2) is 8.85. The Bertz CT molecular complexity index is 815. The molecule has 0 spiro atoms. The third kappa shape index (κ3) is 5.85. The van der Waals surface area contributed by atoms with Gasteiger partial charge in [0.05, 0.1) is 21.3 Å². The predicted molar refractivity (Wildman–Crippen MR) is 110 cm³/mol. The van der Waals surface area contributed by atoms with Crippen LogP contribution in [0.15, 0.2) is 40.9 Å². The van der Waals surface area contributed by atoms with Crippen molar-refractivity contribution >= 4 is 68.1 Å². The Kier molecular flexibility index (Phi) is 7.07. The van der Waals surface area contributed by atoms with Crippen LogP contribution in [0.25, 0.3) is 0 Å². The number of nitrogens with one attached hydrogen (secondary N) is 2. The number of benzene rings is 2. The van der Waals surface area contributed by atoms with Crippen LogP contribution in [0.3, 0.4) is 0 Å². The van der Waals surface area contributed by atoms with Crippen LogP contribution < -0.4 is 15.4 Å². The van der Waals surface area contributed by atoms with Gasteiger partial charge in [-0.15, -0.1) is 0 Å². The fourth-order valence-electron chi connectivity index (χ4n) is 1.91. The molecule has 0 radical (unpaired) electrons. The molecule has 1 amide bonds. The van der Waals surface area contributed by atoms with Gasteiger partial charge in [0.2, 0.25) is 0 Å². The average Bonchev–Trinajstić information content (AvgIpc) is 2.52. The third-order valence-electron chi connectivity index (χ3n) is 2.96. The largest absolute Gasteiger partial charge is 0.490 e. The van der Waals surface area contributed by atoms with Crippen LogP contribution in [0.5, 0.6) is 5.75 Å². The minimum Gasteiger partial charge on any atom is -0.490 e. The van der Waals surface area contributed by atoms with Crippen LogP contribution >= 0.6 is 51.3 Å². The quantitative estimate of drug-likeness (QED) is 0.576. The molecule has 0 aliphatic carbocycles. The second-order valence-corrected chi connectivity index (χ2v) is 7.45. The van der Waals surface area contributed by atoms with Gasteiger partial charge in [0.1, 0.15) is 5.75 Å². The first-order chi connectivity index (χ1) is 11.8. The summed E-state index contributed by atoms with van der Waals surface area (Å²) in [7, 11) is 0. The number of hydrogen-bond donors (Lipinski definition) is 2. The minimum absolute atomic E-state index is 0.0372. The number of amides is 1. The Morgan fingerprint density at radius 3 is 2.56 bits per heavy atom. The van der Waals surface area contributed by atoms with Crippen LogP contribution in [0.2, 0.25) is 10.0 Å². The summed E-state index contributed by atoms with van der Waals surface area (Å²) in [6.07, 6.45) is 0.0372. The topological polar surface area (TPSA) is 50.4 Å². The molecule has 0 aliphatic heterocycles. The Morgan fingerprint density at radius 2 is 1.92 bits per heavy atom. The summed E-state index contributed by atoms with van der Waals surface area (Å²) in [5.41, 5.74) is 0.950. The molecule has 25 heavy (non-hydrogen) atoms. The van der Waals surface area contributed by atoms with E-state index in [0.29, 0.717) is 31.5 Å². The molecule has 0 saturated heterocycles. The number of hydrogen-bond acceptors (Lipinski definition) is 3. The zero-order chi connectivity index (χ0) is 18.6. The fourth-order valence-corrected chi connectivity index (χ4v) is 2.93. The summed E-state index contributed by atoms with van der Waals surface area (Å²) in [5, 5.41) is 6.51. The highest BCUT2D eigenvalue weighted by molar-refractivity contribution is 9.10. The number of carbonyl (C=O) groups is 1. The van der Waals surface area contributed by atoms with E-state index in [1.807, 2.05) is 13.8 Å². The van der Waals surface area contributed by atoms with Gasteiger partial charge in [-0.2, -0.15) is 0 Å². The van der Waals surface area contributed by atoms with E-state index in [-0.39, 0.29) is 17.1 Å². The number of halogens is 3. The van der Waals surface area contributed by atoms with Crippen LogP contribution in [0.4, 0.5) is 5.69 Å². The Balaban J connectivity index is 2.05. The number of anilines is 1. The maximum Gasteiger partial charge on any atom is 0.257 e. The van der Waals surface area contributed by atoms with Crippen LogP contribution in [-0.4, -0.2) is 17.1 Å². The van der Waals surface area contributed by atoms with E-state index in [2.05, 4.69) is 26.6 Å². The number of rotatable bonds is 4. The molecule has 2 rings (SSSR count). The summed E-state index contributed by atoms with van der Waals surface area (Å²) in [6, 6.07) is 9.98. The van der Waals surface area contributed by atoms with Crippen LogP contribution in [0, 0.1) is 0 Å². The highest BCUT2D eigenvalue weighted by Crippen LogP contribution is 2.27. The molecule has 2 aromatic rings. The molecule has 0 aliphatic rings. The van der Waals surface area contributed by atoms with Crippen molar-refractivity contribution in [1.82, 2.24) is 5.32 Å². The van der Waals surface area contributed by atoms with Crippen molar-refractivity contribution in [1.29, 1.82) is 0 Å². The Morgan fingerprint density at radius 1 is 1.20 bits per heavy atom. The van der Waals surface area contributed by atoms with Gasteiger partial charge in [0.25, 0.3) is 5.91 Å². The molecule has 0 fully saturated rings. The first kappa shape index (κ1) is 20.0. The smallest absolute Gasteiger partial charge is 0.257 e. The summed E-state index contributed by atoms with van der Waals surface area (Å²) >= 11 is 20.5. The van der Waals surface area contributed by atoms with Gasteiger partial charge in [-0.25, -0.2) is 0 Å². The highest BCUT2D eigenvalue weighted by Gasteiger charge is 2.12. The normalized spacial score (nSPS) is 10.5. The van der Waals surface area contributed by atoms with Crippen molar-refractivity contribution in [2.45, 2.75) is 20.0 Å². The predicted octanol–water partition coefficient (Wildman–Crippen LogP) is 5.67. The lowest BCUT2D eigenvalue weighted by atomic mass is 10.2. The number of ether oxygens (including phenoxy) is 1. The van der Waals surface area contributed by atoms with Crippen molar-refractivity contribution in [3.63, 3.8) is 0 Å². The van der Waals surface area contributed by atoms with E-state index in [9.17, 15) is 4.79 Å². The first-order valence-electron chi connectivity index (χ1n) is 7.30. The van der Waals surface area contributed by atoms with Crippen molar-refractivity contribution in [2.75, 3.05) is 5.32 Å². The molecule has 8 heteroatoms. The lowest BCUT2D eigenvalue weighted by Crippen LogP contribution is -2.34. The average molecular weight is 462 g/mol. The standard InChI is InChI=1S/C17H15BrCl2N2O2S/c1-9(2)24-15-6-3-10(7-12(15)18)16(23)22-17(25)21-14-8-11(19)4-5-13(14)20/h3-9H,1-2H3,(H2,21,22,23,25). The van der Waals surface area contributed by atoms with E-state index in [0.717, 1.165) is 0 Å². The Labute approximate surface area is 170 Å². The molecular weight excluding hydrogens is 447 g/mol. The SMILES string of the molecule is CC(C)Oc1ccc(C(=O)NC(=S)Nc2cc(Cl)ccc2Cl)cc1Br. The lowest BCUT2D eigenvalue weighted by molar-refractivity contribution is 0.0977. The van der Waals surface area contributed by atoms with Crippen LogP contribution in [-0.2, 0) is 0 Å².